The van der Waals surface area contributed by atoms with Crippen LogP contribution in [0.5, 0.6) is 5.75 Å². The van der Waals surface area contributed by atoms with Gasteiger partial charge in [-0.25, -0.2) is 0 Å². The molecule has 1 heterocycles. The normalized spacial score (nSPS) is 10.8. The molecule has 0 spiro atoms. The van der Waals surface area contributed by atoms with Gasteiger partial charge in [-0.05, 0) is 37.6 Å². The second kappa shape index (κ2) is 7.15. The second-order valence-electron chi connectivity index (χ2n) is 5.18. The highest BCUT2D eigenvalue weighted by molar-refractivity contribution is 5.37. The number of aryl methyl sites for hydroxylation is 1. The monoisotopic (exact) mass is 272 g/mol. The molecule has 0 atom stereocenters. The maximum Gasteiger partial charge on any atom is 0.123 e. The molecule has 0 saturated heterocycles. The Hall–Kier alpha value is -1.74. The number of ether oxygens (including phenoxy) is 1. The van der Waals surface area contributed by atoms with Gasteiger partial charge in [0, 0.05) is 24.5 Å². The van der Waals surface area contributed by atoms with Gasteiger partial charge in [-0.15, -0.1) is 0 Å². The Balaban J connectivity index is 2.04. The third kappa shape index (κ3) is 3.87. The van der Waals surface area contributed by atoms with Gasteiger partial charge in [0.15, 0.2) is 0 Å². The molecule has 0 saturated carbocycles. The number of hydrogen-bond donors (Lipinski definition) is 1. The Morgan fingerprint density at radius 2 is 2.10 bits per heavy atom. The van der Waals surface area contributed by atoms with Crippen LogP contribution < -0.4 is 10.1 Å². The number of benzene rings is 1. The van der Waals surface area contributed by atoms with Gasteiger partial charge in [-0.2, -0.15) is 0 Å². The van der Waals surface area contributed by atoms with Crippen LogP contribution in [0.2, 0.25) is 0 Å². The molecule has 0 bridgehead atoms. The Bertz CT molecular complexity index is 546. The zero-order valence-corrected chi connectivity index (χ0v) is 12.6. The number of methoxy groups -OCH3 is 1. The Morgan fingerprint density at radius 1 is 1.25 bits per heavy atom. The van der Waals surface area contributed by atoms with Gasteiger partial charge >= 0.3 is 0 Å². The molecule has 108 valence electrons. The van der Waals surface area contributed by atoms with Crippen LogP contribution in [0.4, 0.5) is 0 Å². The molecule has 3 heteroatoms. The highest BCUT2D eigenvalue weighted by atomic mass is 16.5. The van der Waals surface area contributed by atoms with Crippen LogP contribution in [-0.2, 0) is 13.1 Å². The average Bonchev–Trinajstić information content (AvgIpc) is 2.87. The van der Waals surface area contributed by atoms with E-state index in [1.165, 1.54) is 23.1 Å². The lowest BCUT2D eigenvalue weighted by Crippen LogP contribution is -2.13. The average molecular weight is 272 g/mol. The first-order valence-corrected chi connectivity index (χ1v) is 7.22. The van der Waals surface area contributed by atoms with E-state index in [0.717, 1.165) is 25.4 Å². The highest BCUT2D eigenvalue weighted by Crippen LogP contribution is 2.21. The molecular formula is C17H24N2O. The predicted molar refractivity (Wildman–Crippen MR) is 83.3 cm³/mol. The molecule has 0 radical (unpaired) electrons. The van der Waals surface area contributed by atoms with Crippen molar-refractivity contribution in [2.45, 2.75) is 33.4 Å². The van der Waals surface area contributed by atoms with Crippen molar-refractivity contribution in [1.82, 2.24) is 9.88 Å². The van der Waals surface area contributed by atoms with Gasteiger partial charge in [0.05, 0.1) is 13.7 Å². The van der Waals surface area contributed by atoms with Gasteiger partial charge in [0.2, 0.25) is 0 Å². The first-order valence-electron chi connectivity index (χ1n) is 7.22. The molecule has 1 aromatic carbocycles. The number of nitrogens with one attached hydrogen (secondary N) is 1. The smallest absolute Gasteiger partial charge is 0.123 e. The van der Waals surface area contributed by atoms with Crippen molar-refractivity contribution >= 4 is 0 Å². The molecule has 0 aliphatic heterocycles. The van der Waals surface area contributed by atoms with Gasteiger partial charge in [0.25, 0.3) is 0 Å². The fourth-order valence-electron chi connectivity index (χ4n) is 2.33. The Morgan fingerprint density at radius 3 is 2.85 bits per heavy atom. The van der Waals surface area contributed by atoms with Crippen molar-refractivity contribution in [1.29, 1.82) is 0 Å². The van der Waals surface area contributed by atoms with E-state index in [4.69, 9.17) is 4.74 Å². The van der Waals surface area contributed by atoms with E-state index in [-0.39, 0.29) is 0 Å². The van der Waals surface area contributed by atoms with Crippen LogP contribution in [-0.4, -0.2) is 18.2 Å². The van der Waals surface area contributed by atoms with E-state index in [9.17, 15) is 0 Å². The van der Waals surface area contributed by atoms with E-state index in [1.807, 2.05) is 6.07 Å². The quantitative estimate of drug-likeness (QED) is 0.782. The van der Waals surface area contributed by atoms with Gasteiger partial charge in [-0.3, -0.25) is 0 Å². The maximum absolute atomic E-state index is 5.43. The summed E-state index contributed by atoms with van der Waals surface area (Å²) in [7, 11) is 1.73. The molecule has 1 N–H and O–H groups in total. The predicted octanol–water partition coefficient (Wildman–Crippen LogP) is 3.35. The van der Waals surface area contributed by atoms with Gasteiger partial charge < -0.3 is 14.6 Å². The summed E-state index contributed by atoms with van der Waals surface area (Å²) in [6.45, 7) is 7.14. The number of aromatic nitrogens is 1. The Kier molecular flexibility index (Phi) is 5.24. The topological polar surface area (TPSA) is 26.2 Å². The Labute approximate surface area is 121 Å². The van der Waals surface area contributed by atoms with Crippen molar-refractivity contribution in [2.75, 3.05) is 13.7 Å². The zero-order chi connectivity index (χ0) is 14.4. The SMILES string of the molecule is CCCNCc1ccn(Cc2cc(C)ccc2OC)c1. The van der Waals surface area contributed by atoms with Crippen LogP contribution in [0.15, 0.2) is 36.7 Å². The highest BCUT2D eigenvalue weighted by Gasteiger charge is 2.04. The summed E-state index contributed by atoms with van der Waals surface area (Å²) in [6, 6.07) is 8.48. The molecule has 20 heavy (non-hydrogen) atoms. The first kappa shape index (κ1) is 14.7. The molecule has 1 aromatic heterocycles. The largest absolute Gasteiger partial charge is 0.496 e. The third-order valence-electron chi connectivity index (χ3n) is 3.36. The summed E-state index contributed by atoms with van der Waals surface area (Å²) in [6.07, 6.45) is 5.50. The first-order chi connectivity index (χ1) is 9.72. The second-order valence-corrected chi connectivity index (χ2v) is 5.18. The number of nitrogens with zero attached hydrogens (tertiary/aromatic N) is 1. The molecule has 0 unspecified atom stereocenters. The maximum atomic E-state index is 5.43. The third-order valence-corrected chi connectivity index (χ3v) is 3.36. The molecule has 0 fully saturated rings. The van der Waals surface area contributed by atoms with Crippen LogP contribution in [0, 0.1) is 6.92 Å². The molecule has 2 aromatic rings. The van der Waals surface area contributed by atoms with E-state index in [0.29, 0.717) is 0 Å². The van der Waals surface area contributed by atoms with Crippen molar-refractivity contribution in [3.05, 3.63) is 53.3 Å². The van der Waals surface area contributed by atoms with Crippen molar-refractivity contribution < 1.29 is 4.74 Å². The van der Waals surface area contributed by atoms with Crippen LogP contribution in [0.25, 0.3) is 0 Å². The number of rotatable bonds is 7. The fraction of sp³-hybridized carbons (Fsp3) is 0.412. The van der Waals surface area contributed by atoms with Crippen molar-refractivity contribution in [3.8, 4) is 5.75 Å². The molecule has 0 amide bonds. The molecular weight excluding hydrogens is 248 g/mol. The minimum Gasteiger partial charge on any atom is -0.496 e. The van der Waals surface area contributed by atoms with E-state index in [2.05, 4.69) is 54.3 Å². The lowest BCUT2D eigenvalue weighted by atomic mass is 10.1. The van der Waals surface area contributed by atoms with Crippen LogP contribution in [0.1, 0.15) is 30.0 Å². The molecule has 0 aliphatic carbocycles. The molecule has 2 rings (SSSR count). The van der Waals surface area contributed by atoms with Crippen LogP contribution in [0.3, 0.4) is 0 Å². The summed E-state index contributed by atoms with van der Waals surface area (Å²) in [5.74, 6) is 0.954. The van der Waals surface area contributed by atoms with Gasteiger partial charge in [0.1, 0.15) is 5.75 Å². The minimum absolute atomic E-state index is 0.846. The number of hydrogen-bond acceptors (Lipinski definition) is 2. The lowest BCUT2D eigenvalue weighted by molar-refractivity contribution is 0.408. The minimum atomic E-state index is 0.846. The zero-order valence-electron chi connectivity index (χ0n) is 12.6. The summed E-state index contributed by atoms with van der Waals surface area (Å²) in [5.41, 5.74) is 3.80. The van der Waals surface area contributed by atoms with E-state index >= 15 is 0 Å². The lowest BCUT2D eigenvalue weighted by Gasteiger charge is -2.10. The van der Waals surface area contributed by atoms with Crippen LogP contribution >= 0.6 is 0 Å². The summed E-state index contributed by atoms with van der Waals surface area (Å²) < 4.78 is 7.64. The summed E-state index contributed by atoms with van der Waals surface area (Å²) in [5, 5.41) is 3.42. The van der Waals surface area contributed by atoms with Gasteiger partial charge in [-0.1, -0.05) is 24.6 Å². The van der Waals surface area contributed by atoms with E-state index < -0.39 is 0 Å². The summed E-state index contributed by atoms with van der Waals surface area (Å²) >= 11 is 0. The van der Waals surface area contributed by atoms with E-state index in [1.54, 1.807) is 7.11 Å². The summed E-state index contributed by atoms with van der Waals surface area (Å²) in [4.78, 5) is 0. The standard InChI is InChI=1S/C17H24N2O/c1-4-8-18-11-15-7-9-19(12-15)13-16-10-14(2)5-6-17(16)20-3/h5-7,9-10,12,18H,4,8,11,13H2,1-3H3. The van der Waals surface area contributed by atoms with Crippen molar-refractivity contribution in [3.63, 3.8) is 0 Å². The molecule has 3 nitrogen and oxygen atoms in total. The fourth-order valence-corrected chi connectivity index (χ4v) is 2.33. The molecule has 0 aliphatic rings. The van der Waals surface area contributed by atoms with Crippen molar-refractivity contribution in [2.24, 2.45) is 0 Å².